The lowest BCUT2D eigenvalue weighted by molar-refractivity contribution is -0.133. The number of carbonyl (C=O) groups is 2. The first-order valence-corrected chi connectivity index (χ1v) is 11.6. The van der Waals surface area contributed by atoms with Crippen LogP contribution in [0.15, 0.2) is 48.5 Å². The first-order valence-electron chi connectivity index (χ1n) is 11.6. The van der Waals surface area contributed by atoms with E-state index in [1.54, 1.807) is 0 Å². The zero-order valence-corrected chi connectivity index (χ0v) is 19.0. The molecule has 0 aliphatic heterocycles. The van der Waals surface area contributed by atoms with Crippen molar-refractivity contribution in [3.8, 4) is 23.3 Å². The van der Waals surface area contributed by atoms with Gasteiger partial charge in [-0.15, -0.1) is 0 Å². The number of methoxy groups -OCH3 is 1. The fourth-order valence-electron chi connectivity index (χ4n) is 6.50. The van der Waals surface area contributed by atoms with Gasteiger partial charge in [-0.2, -0.15) is 0 Å². The number of esters is 1. The van der Waals surface area contributed by atoms with Crippen molar-refractivity contribution < 1.29 is 24.2 Å². The molecular weight excluding hydrogens is 416 g/mol. The molecule has 0 radical (unpaired) electrons. The quantitative estimate of drug-likeness (QED) is 0.406. The van der Waals surface area contributed by atoms with Crippen molar-refractivity contribution in [2.45, 2.75) is 50.5 Å². The van der Waals surface area contributed by atoms with E-state index in [0.29, 0.717) is 18.6 Å². The topological polar surface area (TPSA) is 72.8 Å². The van der Waals surface area contributed by atoms with Crippen LogP contribution in [0.3, 0.4) is 0 Å². The number of para-hydroxylation sites is 1. The fourth-order valence-corrected chi connectivity index (χ4v) is 6.50. The molecule has 5 nitrogen and oxygen atoms in total. The Balaban J connectivity index is 1.43. The highest BCUT2D eigenvalue weighted by Gasteiger charge is 2.61. The van der Waals surface area contributed by atoms with E-state index in [-0.39, 0.29) is 23.5 Å². The summed E-state index contributed by atoms with van der Waals surface area (Å²) >= 11 is 0. The Morgan fingerprint density at radius 3 is 2.64 bits per heavy atom. The predicted octanol–water partition coefficient (Wildman–Crippen LogP) is 4.88. The molecule has 2 saturated carbocycles. The minimum absolute atomic E-state index is 0.130. The lowest BCUT2D eigenvalue weighted by Gasteiger charge is -2.51. The van der Waals surface area contributed by atoms with Crippen LogP contribution in [0, 0.1) is 29.1 Å². The second-order valence-electron chi connectivity index (χ2n) is 9.76. The van der Waals surface area contributed by atoms with E-state index >= 15 is 0 Å². The largest absolute Gasteiger partial charge is 0.459 e. The molecule has 170 valence electrons. The summed E-state index contributed by atoms with van der Waals surface area (Å²) in [7, 11) is 1.28. The Morgan fingerprint density at radius 2 is 1.88 bits per heavy atom. The summed E-state index contributed by atoms with van der Waals surface area (Å²) in [5.74, 6) is 6.80. The van der Waals surface area contributed by atoms with Crippen LogP contribution in [-0.4, -0.2) is 29.6 Å². The average molecular weight is 445 g/mol. The van der Waals surface area contributed by atoms with E-state index in [9.17, 15) is 14.7 Å². The molecule has 0 aromatic heterocycles. The molecule has 1 N–H and O–H groups in total. The van der Waals surface area contributed by atoms with Gasteiger partial charge >= 0.3 is 5.97 Å². The molecule has 0 bridgehead atoms. The van der Waals surface area contributed by atoms with Crippen molar-refractivity contribution in [1.82, 2.24) is 0 Å². The van der Waals surface area contributed by atoms with Crippen molar-refractivity contribution in [2.75, 3.05) is 7.11 Å². The van der Waals surface area contributed by atoms with Crippen LogP contribution in [0.25, 0.3) is 0 Å². The third-order valence-corrected chi connectivity index (χ3v) is 8.27. The first kappa shape index (κ1) is 21.7. The van der Waals surface area contributed by atoms with Gasteiger partial charge in [0.1, 0.15) is 17.1 Å². The van der Waals surface area contributed by atoms with Crippen molar-refractivity contribution in [3.63, 3.8) is 0 Å². The van der Waals surface area contributed by atoms with E-state index < -0.39 is 17.0 Å². The number of ketones is 1. The third kappa shape index (κ3) is 3.54. The maximum atomic E-state index is 13.2. The van der Waals surface area contributed by atoms with Gasteiger partial charge in [0.25, 0.3) is 0 Å². The second-order valence-corrected chi connectivity index (χ2v) is 9.76. The van der Waals surface area contributed by atoms with Crippen LogP contribution >= 0.6 is 0 Å². The number of rotatable bonds is 2. The average Bonchev–Trinajstić information content (AvgIpc) is 3.09. The number of hydrogen-bond donors (Lipinski definition) is 1. The Hall–Kier alpha value is -3.10. The molecule has 33 heavy (non-hydrogen) atoms. The van der Waals surface area contributed by atoms with E-state index in [1.165, 1.54) is 7.11 Å². The highest BCUT2D eigenvalue weighted by Crippen LogP contribution is 2.64. The van der Waals surface area contributed by atoms with Gasteiger partial charge in [0, 0.05) is 23.3 Å². The number of ether oxygens (including phenoxy) is 2. The molecule has 5 heteroatoms. The molecule has 5 rings (SSSR count). The van der Waals surface area contributed by atoms with Crippen molar-refractivity contribution in [2.24, 2.45) is 17.3 Å². The number of fused-ring (bicyclic) bond motifs is 5. The Labute approximate surface area is 194 Å². The molecule has 0 heterocycles. The van der Waals surface area contributed by atoms with Crippen LogP contribution in [0.1, 0.15) is 60.9 Å². The van der Waals surface area contributed by atoms with Crippen LogP contribution in [0.4, 0.5) is 0 Å². The minimum Gasteiger partial charge on any atom is -0.459 e. The lowest BCUT2D eigenvalue weighted by atomic mass is 9.53. The Kier molecular flexibility index (Phi) is 5.29. The fraction of sp³-hybridized carbons (Fsp3) is 0.429. The van der Waals surface area contributed by atoms with Crippen LogP contribution in [0.2, 0.25) is 0 Å². The standard InChI is InChI=1S/C28H28O5/c1-27-13-10-21-20-9-8-19(33-18-6-4-3-5-7-18)16-23(20)25(29)17-22(21)24(27)11-14-28(27,31)15-12-26(30)32-2/h3-9,16,21-22,24,31H,10-11,13-14,17H2,1-2H3/t21-,22-,24+,27+,28-/m1/s1. The van der Waals surface area contributed by atoms with E-state index in [1.807, 2.05) is 48.5 Å². The number of hydrogen-bond acceptors (Lipinski definition) is 5. The maximum Gasteiger partial charge on any atom is 0.384 e. The molecule has 3 aliphatic carbocycles. The second kappa shape index (κ2) is 8.04. The summed E-state index contributed by atoms with van der Waals surface area (Å²) in [6.45, 7) is 2.07. The van der Waals surface area contributed by atoms with Gasteiger partial charge in [-0.1, -0.05) is 37.1 Å². The van der Waals surface area contributed by atoms with E-state index in [0.717, 1.165) is 36.1 Å². The van der Waals surface area contributed by atoms with Gasteiger partial charge in [0.2, 0.25) is 0 Å². The van der Waals surface area contributed by atoms with Crippen molar-refractivity contribution >= 4 is 11.8 Å². The summed E-state index contributed by atoms with van der Waals surface area (Å²) in [5, 5.41) is 11.4. The molecule has 0 amide bonds. The monoisotopic (exact) mass is 444 g/mol. The molecule has 3 aliphatic rings. The summed E-state index contributed by atoms with van der Waals surface area (Å²) in [4.78, 5) is 24.8. The smallest absolute Gasteiger partial charge is 0.384 e. The molecule has 2 fully saturated rings. The van der Waals surface area contributed by atoms with Crippen LogP contribution in [-0.2, 0) is 9.53 Å². The van der Waals surface area contributed by atoms with Crippen molar-refractivity contribution in [1.29, 1.82) is 0 Å². The first-order chi connectivity index (χ1) is 15.8. The SMILES string of the molecule is COC(=O)C#C[C@]1(O)CC[C@H]2[C@@H]3CC(=O)c4cc(Oc5ccccc5)ccc4[C@H]3CC[C@@]21C. The Morgan fingerprint density at radius 1 is 1.09 bits per heavy atom. The highest BCUT2D eigenvalue weighted by atomic mass is 16.5. The van der Waals surface area contributed by atoms with Gasteiger partial charge in [-0.05, 0) is 73.3 Å². The lowest BCUT2D eigenvalue weighted by Crippen LogP contribution is -2.50. The van der Waals surface area contributed by atoms with Gasteiger partial charge < -0.3 is 14.6 Å². The van der Waals surface area contributed by atoms with E-state index in [2.05, 4.69) is 23.5 Å². The number of benzene rings is 2. The third-order valence-electron chi connectivity index (χ3n) is 8.27. The van der Waals surface area contributed by atoms with Crippen LogP contribution < -0.4 is 4.74 Å². The summed E-state index contributed by atoms with van der Waals surface area (Å²) in [6, 6.07) is 15.4. The van der Waals surface area contributed by atoms with Gasteiger partial charge in [0.15, 0.2) is 5.78 Å². The summed E-state index contributed by atoms with van der Waals surface area (Å²) in [5.41, 5.74) is 0.151. The summed E-state index contributed by atoms with van der Waals surface area (Å²) in [6.07, 6.45) is 3.43. The highest BCUT2D eigenvalue weighted by molar-refractivity contribution is 5.99. The Bertz CT molecular complexity index is 1160. The maximum absolute atomic E-state index is 13.2. The normalized spacial score (nSPS) is 32.0. The molecule has 2 aromatic rings. The molecular formula is C28H28O5. The minimum atomic E-state index is -1.24. The number of aliphatic hydroxyl groups is 1. The molecule has 5 atom stereocenters. The zero-order chi connectivity index (χ0) is 23.2. The summed E-state index contributed by atoms with van der Waals surface area (Å²) < 4.78 is 10.6. The van der Waals surface area contributed by atoms with E-state index in [4.69, 9.17) is 4.74 Å². The van der Waals surface area contributed by atoms with Gasteiger partial charge in [-0.3, -0.25) is 4.79 Å². The van der Waals surface area contributed by atoms with Crippen molar-refractivity contribution in [3.05, 3.63) is 59.7 Å². The zero-order valence-electron chi connectivity index (χ0n) is 19.0. The van der Waals surface area contributed by atoms with Crippen LogP contribution in [0.5, 0.6) is 11.5 Å². The molecule has 0 saturated heterocycles. The molecule has 0 spiro atoms. The number of Topliss-reactive ketones (excluding diaryl/α,β-unsaturated/α-hetero) is 1. The van der Waals surface area contributed by atoms with Gasteiger partial charge in [-0.25, -0.2) is 4.79 Å². The molecule has 0 unspecified atom stereocenters. The molecule has 2 aromatic carbocycles. The van der Waals surface area contributed by atoms with Gasteiger partial charge in [0.05, 0.1) is 7.11 Å². The number of carbonyl (C=O) groups excluding carboxylic acids is 2. The predicted molar refractivity (Wildman–Crippen MR) is 123 cm³/mol.